The van der Waals surface area contributed by atoms with E-state index in [9.17, 15) is 4.79 Å². The molecule has 1 aliphatic carbocycles. The van der Waals surface area contributed by atoms with Gasteiger partial charge < -0.3 is 4.74 Å². The maximum absolute atomic E-state index is 12.4. The first-order valence-electron chi connectivity index (χ1n) is 6.93. The third-order valence-corrected chi connectivity index (χ3v) is 3.56. The molecule has 0 saturated heterocycles. The number of carbonyl (C=O) groups is 1. The van der Waals surface area contributed by atoms with E-state index in [0.717, 1.165) is 24.8 Å². The van der Waals surface area contributed by atoms with Crippen molar-refractivity contribution in [2.45, 2.75) is 38.1 Å². The van der Waals surface area contributed by atoms with Gasteiger partial charge in [-0.05, 0) is 25.3 Å². The Kier molecular flexibility index (Phi) is 6.74. The van der Waals surface area contributed by atoms with Gasteiger partial charge in [-0.2, -0.15) is 0 Å². The van der Waals surface area contributed by atoms with Crippen molar-refractivity contribution in [1.29, 1.82) is 0 Å². The number of carbonyl (C=O) groups excluding carboxylic acids is 1. The van der Waals surface area contributed by atoms with Crippen molar-refractivity contribution < 1.29 is 9.53 Å². The van der Waals surface area contributed by atoms with Crippen molar-refractivity contribution >= 4 is 5.78 Å². The summed E-state index contributed by atoms with van der Waals surface area (Å²) in [6, 6.07) is 0. The fourth-order valence-electron chi connectivity index (χ4n) is 2.46. The van der Waals surface area contributed by atoms with E-state index in [1.165, 1.54) is 0 Å². The van der Waals surface area contributed by atoms with Crippen LogP contribution in [0.5, 0.6) is 0 Å². The summed E-state index contributed by atoms with van der Waals surface area (Å²) >= 11 is 0. The van der Waals surface area contributed by atoms with Gasteiger partial charge in [0.1, 0.15) is 5.54 Å². The largest absolute Gasteiger partial charge is 0.383 e. The van der Waals surface area contributed by atoms with Gasteiger partial charge in [-0.1, -0.05) is 37.3 Å². The van der Waals surface area contributed by atoms with Crippen molar-refractivity contribution in [3.63, 3.8) is 0 Å². The van der Waals surface area contributed by atoms with Gasteiger partial charge in [-0.3, -0.25) is 10.1 Å². The minimum Gasteiger partial charge on any atom is -0.383 e. The summed E-state index contributed by atoms with van der Waals surface area (Å²) in [7, 11) is 1.66. The number of methoxy groups -OCH3 is 1. The van der Waals surface area contributed by atoms with Gasteiger partial charge >= 0.3 is 0 Å². The molecule has 0 spiro atoms. The average Bonchev–Trinajstić information content (AvgIpc) is 2.41. The Hall–Kier alpha value is -1.19. The molecule has 3 nitrogen and oxygen atoms in total. The monoisotopic (exact) mass is 263 g/mol. The van der Waals surface area contributed by atoms with Crippen LogP contribution in [0.3, 0.4) is 0 Å². The van der Waals surface area contributed by atoms with Crippen molar-refractivity contribution in [3.05, 3.63) is 36.5 Å². The molecule has 0 radical (unpaired) electrons. The summed E-state index contributed by atoms with van der Waals surface area (Å²) in [6.07, 6.45) is 11.3. The molecular weight excluding hydrogens is 238 g/mol. The summed E-state index contributed by atoms with van der Waals surface area (Å²) in [5, 5.41) is 3.36. The zero-order valence-electron chi connectivity index (χ0n) is 12.1. The predicted molar refractivity (Wildman–Crippen MR) is 79.2 cm³/mol. The molecule has 0 heterocycles. The van der Waals surface area contributed by atoms with E-state index >= 15 is 0 Å². The Morgan fingerprint density at radius 1 is 1.47 bits per heavy atom. The van der Waals surface area contributed by atoms with E-state index in [1.807, 2.05) is 31.2 Å². The molecule has 1 atom stereocenters. The molecule has 0 unspecified atom stereocenters. The van der Waals surface area contributed by atoms with Gasteiger partial charge in [0, 0.05) is 20.1 Å². The Balaban J connectivity index is 2.84. The second kappa shape index (κ2) is 8.08. The quantitative estimate of drug-likeness (QED) is 0.567. The van der Waals surface area contributed by atoms with Crippen LogP contribution in [0.2, 0.25) is 0 Å². The lowest BCUT2D eigenvalue weighted by Crippen LogP contribution is -2.55. The van der Waals surface area contributed by atoms with Gasteiger partial charge in [0.15, 0.2) is 5.78 Å². The summed E-state index contributed by atoms with van der Waals surface area (Å²) in [4.78, 5) is 12.4. The highest BCUT2D eigenvalue weighted by atomic mass is 16.5. The summed E-state index contributed by atoms with van der Waals surface area (Å²) in [6.45, 7) is 7.33. The van der Waals surface area contributed by atoms with Crippen molar-refractivity contribution in [2.75, 3.05) is 20.3 Å². The van der Waals surface area contributed by atoms with Crippen LogP contribution < -0.4 is 5.32 Å². The Morgan fingerprint density at radius 2 is 2.26 bits per heavy atom. The molecule has 0 bridgehead atoms. The summed E-state index contributed by atoms with van der Waals surface area (Å²) in [5.74, 6) is 0.255. The zero-order chi connectivity index (χ0) is 14.1. The standard InChI is InChI=1S/C16H25NO2/c1-4-5-6-9-14(2)16(17-12-13-19-3)11-8-7-10-15(16)18/h4-6,9,17H,2,7-8,10-13H2,1,3H3/b5-4-,9-6-/t16-/m0/s1. The molecule has 0 aromatic heterocycles. The lowest BCUT2D eigenvalue weighted by Gasteiger charge is -2.37. The molecular formula is C16H25NO2. The molecule has 0 aromatic rings. The fraction of sp³-hybridized carbons (Fsp3) is 0.562. The number of rotatable bonds is 7. The third-order valence-electron chi connectivity index (χ3n) is 3.56. The molecule has 1 rings (SSSR count). The highest BCUT2D eigenvalue weighted by molar-refractivity contribution is 5.93. The van der Waals surface area contributed by atoms with E-state index in [4.69, 9.17) is 4.74 Å². The van der Waals surface area contributed by atoms with Crippen molar-refractivity contribution in [1.82, 2.24) is 5.32 Å². The maximum atomic E-state index is 12.4. The lowest BCUT2D eigenvalue weighted by atomic mass is 9.75. The first-order valence-corrected chi connectivity index (χ1v) is 6.93. The second-order valence-corrected chi connectivity index (χ2v) is 4.87. The number of allylic oxidation sites excluding steroid dienone is 3. The number of ketones is 1. The van der Waals surface area contributed by atoms with E-state index in [1.54, 1.807) is 7.11 Å². The lowest BCUT2D eigenvalue weighted by molar-refractivity contribution is -0.125. The molecule has 1 N–H and O–H groups in total. The number of ether oxygens (including phenoxy) is 1. The first-order chi connectivity index (χ1) is 9.17. The zero-order valence-corrected chi connectivity index (χ0v) is 12.1. The summed E-state index contributed by atoms with van der Waals surface area (Å²) in [5.41, 5.74) is 0.265. The van der Waals surface area contributed by atoms with Crippen molar-refractivity contribution in [3.8, 4) is 0 Å². The summed E-state index contributed by atoms with van der Waals surface area (Å²) < 4.78 is 5.06. The normalized spacial score (nSPS) is 24.4. The minimum absolute atomic E-state index is 0.255. The van der Waals surface area contributed by atoms with Gasteiger partial charge in [-0.15, -0.1) is 0 Å². The maximum Gasteiger partial charge on any atom is 0.157 e. The molecule has 1 saturated carbocycles. The minimum atomic E-state index is -0.588. The van der Waals surface area contributed by atoms with E-state index < -0.39 is 5.54 Å². The predicted octanol–water partition coefficient (Wildman–Crippen LogP) is 2.79. The molecule has 0 aliphatic heterocycles. The Bertz CT molecular complexity index is 371. The molecule has 1 aliphatic rings. The number of nitrogens with one attached hydrogen (secondary N) is 1. The number of hydrogen-bond acceptors (Lipinski definition) is 3. The molecule has 3 heteroatoms. The van der Waals surface area contributed by atoms with Gasteiger partial charge in [0.25, 0.3) is 0 Å². The third kappa shape index (κ3) is 4.15. The van der Waals surface area contributed by atoms with E-state index in [-0.39, 0.29) is 5.78 Å². The molecule has 0 amide bonds. The molecule has 106 valence electrons. The molecule has 0 aromatic carbocycles. The van der Waals surface area contributed by atoms with Crippen LogP contribution in [0.25, 0.3) is 0 Å². The number of hydrogen-bond donors (Lipinski definition) is 1. The second-order valence-electron chi connectivity index (χ2n) is 4.87. The number of Topliss-reactive ketones (excluding diaryl/α,β-unsaturated/α-hetero) is 1. The Labute approximate surface area is 116 Å². The van der Waals surface area contributed by atoms with Gasteiger partial charge in [-0.25, -0.2) is 0 Å². The van der Waals surface area contributed by atoms with Gasteiger partial charge in [0.2, 0.25) is 0 Å². The first kappa shape index (κ1) is 15.9. The highest BCUT2D eigenvalue weighted by Crippen LogP contribution is 2.31. The average molecular weight is 263 g/mol. The van der Waals surface area contributed by atoms with E-state index in [0.29, 0.717) is 19.6 Å². The van der Waals surface area contributed by atoms with Crippen LogP contribution in [0, 0.1) is 0 Å². The van der Waals surface area contributed by atoms with Crippen LogP contribution in [-0.4, -0.2) is 31.6 Å². The van der Waals surface area contributed by atoms with Crippen LogP contribution in [0.1, 0.15) is 32.6 Å². The van der Waals surface area contributed by atoms with E-state index in [2.05, 4.69) is 11.9 Å². The van der Waals surface area contributed by atoms with Crippen LogP contribution in [0.15, 0.2) is 36.5 Å². The van der Waals surface area contributed by atoms with Crippen molar-refractivity contribution in [2.24, 2.45) is 0 Å². The van der Waals surface area contributed by atoms with Gasteiger partial charge in [0.05, 0.1) is 6.61 Å². The SMILES string of the molecule is C=C(/C=C\C=C/C)[C@@]1(NCCOC)CCCCC1=O. The smallest absolute Gasteiger partial charge is 0.157 e. The molecule has 19 heavy (non-hydrogen) atoms. The Morgan fingerprint density at radius 3 is 2.89 bits per heavy atom. The van der Waals surface area contributed by atoms with Crippen LogP contribution in [-0.2, 0) is 9.53 Å². The highest BCUT2D eigenvalue weighted by Gasteiger charge is 2.40. The van der Waals surface area contributed by atoms with Crippen LogP contribution in [0.4, 0.5) is 0 Å². The fourth-order valence-corrected chi connectivity index (χ4v) is 2.46. The van der Waals surface area contributed by atoms with Crippen LogP contribution >= 0.6 is 0 Å². The molecule has 1 fully saturated rings. The topological polar surface area (TPSA) is 38.3 Å².